The number of carbonyl (C=O) groups excluding carboxylic acids is 2. The third-order valence-electron chi connectivity index (χ3n) is 3.60. The summed E-state index contributed by atoms with van der Waals surface area (Å²) >= 11 is 1.48. The topological polar surface area (TPSA) is 52.6 Å². The maximum Gasteiger partial charge on any atom is 0.334 e. The highest BCUT2D eigenvalue weighted by molar-refractivity contribution is 8.02. The quantitative estimate of drug-likeness (QED) is 0.446. The van der Waals surface area contributed by atoms with Crippen LogP contribution in [0.15, 0.2) is 11.0 Å². The Labute approximate surface area is 138 Å². The van der Waals surface area contributed by atoms with E-state index in [9.17, 15) is 9.59 Å². The van der Waals surface area contributed by atoms with E-state index < -0.39 is 0 Å². The standard InChI is InChI=1S/C17H28O4S/c1-3-5-6-7-8-9-10-21-17(19)15-11-14(12-22-13-15)16(18)20-4-2/h13-14H,3-12H2,1-2H3/t14-/m0/s1. The Kier molecular flexibility index (Phi) is 10.0. The number of hydrogen-bond acceptors (Lipinski definition) is 5. The number of ether oxygens (including phenoxy) is 2. The minimum Gasteiger partial charge on any atom is -0.466 e. The SMILES string of the molecule is CCCCCCCCOC(=O)C1=CSC[C@@H](C(=O)OCC)C1. The van der Waals surface area contributed by atoms with Crippen LogP contribution in [-0.2, 0) is 19.1 Å². The Hall–Kier alpha value is -0.970. The molecule has 0 fully saturated rings. The second kappa shape index (κ2) is 11.6. The molecule has 1 heterocycles. The van der Waals surface area contributed by atoms with Gasteiger partial charge in [-0.05, 0) is 25.2 Å². The minimum absolute atomic E-state index is 0.218. The number of thioether (sulfide) groups is 1. The summed E-state index contributed by atoms with van der Waals surface area (Å²) in [4.78, 5) is 23.7. The van der Waals surface area contributed by atoms with Crippen molar-refractivity contribution in [3.63, 3.8) is 0 Å². The molecule has 0 aromatic rings. The Morgan fingerprint density at radius 3 is 2.59 bits per heavy atom. The zero-order valence-corrected chi connectivity index (χ0v) is 14.6. The van der Waals surface area contributed by atoms with Gasteiger partial charge >= 0.3 is 11.9 Å². The first-order valence-corrected chi connectivity index (χ1v) is 9.38. The molecule has 0 radical (unpaired) electrons. The van der Waals surface area contributed by atoms with E-state index in [0.29, 0.717) is 31.0 Å². The third kappa shape index (κ3) is 7.34. The minimum atomic E-state index is -0.282. The van der Waals surface area contributed by atoms with Gasteiger partial charge in [0, 0.05) is 11.3 Å². The van der Waals surface area contributed by atoms with Crippen LogP contribution < -0.4 is 0 Å². The van der Waals surface area contributed by atoms with E-state index >= 15 is 0 Å². The lowest BCUT2D eigenvalue weighted by atomic mass is 10.0. The molecule has 0 aliphatic carbocycles. The predicted molar refractivity (Wildman–Crippen MR) is 89.6 cm³/mol. The number of esters is 2. The summed E-state index contributed by atoms with van der Waals surface area (Å²) in [6, 6.07) is 0. The fourth-order valence-corrected chi connectivity index (χ4v) is 3.30. The van der Waals surface area contributed by atoms with E-state index in [-0.39, 0.29) is 17.9 Å². The fraction of sp³-hybridized carbons (Fsp3) is 0.765. The van der Waals surface area contributed by atoms with Gasteiger partial charge in [0.05, 0.1) is 19.1 Å². The van der Waals surface area contributed by atoms with E-state index in [1.807, 2.05) is 5.41 Å². The number of unbranched alkanes of at least 4 members (excludes halogenated alkanes) is 5. The average molecular weight is 328 g/mol. The van der Waals surface area contributed by atoms with Crippen molar-refractivity contribution in [2.45, 2.75) is 58.8 Å². The molecule has 0 saturated heterocycles. The molecule has 5 heteroatoms. The summed E-state index contributed by atoms with van der Waals surface area (Å²) in [5.41, 5.74) is 0.597. The van der Waals surface area contributed by atoms with Gasteiger partial charge in [0.25, 0.3) is 0 Å². The van der Waals surface area contributed by atoms with Crippen LogP contribution in [0.1, 0.15) is 58.8 Å². The molecule has 22 heavy (non-hydrogen) atoms. The first-order chi connectivity index (χ1) is 10.7. The highest BCUT2D eigenvalue weighted by atomic mass is 32.2. The summed E-state index contributed by atoms with van der Waals surface area (Å²) in [5.74, 6) is -0.0570. The van der Waals surface area contributed by atoms with Crippen molar-refractivity contribution in [2.75, 3.05) is 19.0 Å². The molecule has 0 aromatic carbocycles. The van der Waals surface area contributed by atoms with Crippen molar-refractivity contribution in [1.29, 1.82) is 0 Å². The van der Waals surface area contributed by atoms with Crippen molar-refractivity contribution >= 4 is 23.7 Å². The second-order valence-electron chi connectivity index (χ2n) is 5.53. The largest absolute Gasteiger partial charge is 0.466 e. The van der Waals surface area contributed by atoms with Gasteiger partial charge in [-0.25, -0.2) is 4.79 Å². The van der Waals surface area contributed by atoms with Gasteiger partial charge in [-0.3, -0.25) is 4.79 Å². The number of carbonyl (C=O) groups is 2. The lowest BCUT2D eigenvalue weighted by molar-refractivity contribution is -0.147. The molecule has 4 nitrogen and oxygen atoms in total. The predicted octanol–water partition coefficient (Wildman–Crippen LogP) is 4.09. The maximum atomic E-state index is 12.0. The van der Waals surface area contributed by atoms with Crippen LogP contribution in [0.5, 0.6) is 0 Å². The van der Waals surface area contributed by atoms with Gasteiger partial charge in [-0.1, -0.05) is 39.0 Å². The van der Waals surface area contributed by atoms with Gasteiger partial charge in [-0.15, -0.1) is 11.8 Å². The molecule has 0 saturated carbocycles. The van der Waals surface area contributed by atoms with E-state index in [4.69, 9.17) is 9.47 Å². The Morgan fingerprint density at radius 1 is 1.14 bits per heavy atom. The van der Waals surface area contributed by atoms with E-state index in [1.54, 1.807) is 6.92 Å². The number of rotatable bonds is 10. The van der Waals surface area contributed by atoms with Crippen LogP contribution in [0, 0.1) is 5.92 Å². The highest BCUT2D eigenvalue weighted by Crippen LogP contribution is 2.28. The van der Waals surface area contributed by atoms with Crippen molar-refractivity contribution in [3.05, 3.63) is 11.0 Å². The summed E-state index contributed by atoms with van der Waals surface area (Å²) in [7, 11) is 0. The van der Waals surface area contributed by atoms with Crippen molar-refractivity contribution in [3.8, 4) is 0 Å². The van der Waals surface area contributed by atoms with Gasteiger partial charge < -0.3 is 9.47 Å². The van der Waals surface area contributed by atoms with Crippen LogP contribution in [0.4, 0.5) is 0 Å². The first-order valence-electron chi connectivity index (χ1n) is 8.33. The number of hydrogen-bond donors (Lipinski definition) is 0. The Morgan fingerprint density at radius 2 is 1.86 bits per heavy atom. The molecule has 0 bridgehead atoms. The summed E-state index contributed by atoms with van der Waals surface area (Å²) in [6.45, 7) is 4.83. The summed E-state index contributed by atoms with van der Waals surface area (Å²) in [6.07, 6.45) is 7.43. The van der Waals surface area contributed by atoms with Crippen molar-refractivity contribution < 1.29 is 19.1 Å². The molecule has 0 amide bonds. The Balaban J connectivity index is 2.22. The van der Waals surface area contributed by atoms with Crippen LogP contribution in [0.2, 0.25) is 0 Å². The molecule has 126 valence electrons. The average Bonchev–Trinajstić information content (AvgIpc) is 2.54. The fourth-order valence-electron chi connectivity index (χ4n) is 2.32. The molecule has 1 rings (SSSR count). The molecule has 0 spiro atoms. The molecule has 0 N–H and O–H groups in total. The molecule has 1 atom stereocenters. The third-order valence-corrected chi connectivity index (χ3v) is 4.65. The van der Waals surface area contributed by atoms with Gasteiger partial charge in [-0.2, -0.15) is 0 Å². The highest BCUT2D eigenvalue weighted by Gasteiger charge is 2.27. The normalized spacial score (nSPS) is 17.7. The lowest BCUT2D eigenvalue weighted by Crippen LogP contribution is -2.25. The van der Waals surface area contributed by atoms with Crippen molar-refractivity contribution in [2.24, 2.45) is 5.92 Å². The van der Waals surface area contributed by atoms with Gasteiger partial charge in [0.1, 0.15) is 0 Å². The molecule has 0 unspecified atom stereocenters. The van der Waals surface area contributed by atoms with Gasteiger partial charge in [0.2, 0.25) is 0 Å². The van der Waals surface area contributed by atoms with Crippen LogP contribution in [-0.4, -0.2) is 30.9 Å². The molecule has 1 aliphatic rings. The Bertz CT molecular complexity index is 379. The van der Waals surface area contributed by atoms with E-state index in [2.05, 4.69) is 6.92 Å². The zero-order valence-electron chi connectivity index (χ0n) is 13.8. The summed E-state index contributed by atoms with van der Waals surface area (Å²) < 4.78 is 10.3. The van der Waals surface area contributed by atoms with Crippen LogP contribution >= 0.6 is 11.8 Å². The first kappa shape index (κ1) is 19.1. The summed E-state index contributed by atoms with van der Waals surface area (Å²) in [5, 5.41) is 1.82. The molecule has 0 aromatic heterocycles. The van der Waals surface area contributed by atoms with E-state index in [0.717, 1.165) is 12.8 Å². The molecular formula is C17H28O4S. The van der Waals surface area contributed by atoms with Gasteiger partial charge in [0.15, 0.2) is 0 Å². The zero-order chi connectivity index (χ0) is 16.2. The van der Waals surface area contributed by atoms with Crippen LogP contribution in [0.25, 0.3) is 0 Å². The molecule has 1 aliphatic heterocycles. The van der Waals surface area contributed by atoms with Crippen LogP contribution in [0.3, 0.4) is 0 Å². The molecular weight excluding hydrogens is 300 g/mol. The lowest BCUT2D eigenvalue weighted by Gasteiger charge is -2.19. The maximum absolute atomic E-state index is 12.0. The smallest absolute Gasteiger partial charge is 0.334 e. The van der Waals surface area contributed by atoms with Crippen molar-refractivity contribution in [1.82, 2.24) is 0 Å². The monoisotopic (exact) mass is 328 g/mol. The van der Waals surface area contributed by atoms with E-state index in [1.165, 1.54) is 37.4 Å². The second-order valence-corrected chi connectivity index (χ2v) is 6.44.